The van der Waals surface area contributed by atoms with Crippen molar-refractivity contribution in [2.24, 2.45) is 5.41 Å². The molecule has 1 aliphatic heterocycles. The summed E-state index contributed by atoms with van der Waals surface area (Å²) in [5, 5.41) is 2.21. The largest absolute Gasteiger partial charge is 0.424 e. The average Bonchev–Trinajstić information content (AvgIpc) is 2.41. The van der Waals surface area contributed by atoms with Gasteiger partial charge >= 0.3 is 6.95 Å². The third-order valence-electron chi connectivity index (χ3n) is 3.64. The molecule has 2 aromatic carbocycles. The fraction of sp³-hybridized carbons (Fsp3) is 0.333. The summed E-state index contributed by atoms with van der Waals surface area (Å²) in [5.41, 5.74) is 0.699. The van der Waals surface area contributed by atoms with Crippen LogP contribution in [0.5, 0.6) is 0 Å². The molecule has 1 aliphatic rings. The fourth-order valence-corrected chi connectivity index (χ4v) is 4.16. The number of rotatable bonds is 1. The molecule has 0 aliphatic carbocycles. The van der Waals surface area contributed by atoms with Gasteiger partial charge in [0.15, 0.2) is 0 Å². The van der Waals surface area contributed by atoms with E-state index in [0.717, 1.165) is 16.3 Å². The highest BCUT2D eigenvalue weighted by Gasteiger charge is 2.44. The van der Waals surface area contributed by atoms with Crippen molar-refractivity contribution in [1.82, 2.24) is 0 Å². The summed E-state index contributed by atoms with van der Waals surface area (Å²) in [6, 6.07) is 14.1. The zero-order valence-electron chi connectivity index (χ0n) is 11.4. The highest BCUT2D eigenvalue weighted by atomic mass is 35.7. The Bertz CT molecular complexity index is 693. The number of benzene rings is 2. The normalized spacial score (nSPS) is 29.4. The van der Waals surface area contributed by atoms with Crippen LogP contribution in [0.4, 0.5) is 0 Å². The van der Waals surface area contributed by atoms with Gasteiger partial charge in [-0.25, -0.2) is 4.57 Å². The smallest absolute Gasteiger partial charge is 0.296 e. The van der Waals surface area contributed by atoms with E-state index >= 15 is 0 Å². The van der Waals surface area contributed by atoms with Gasteiger partial charge in [-0.15, -0.1) is 0 Å². The summed E-state index contributed by atoms with van der Waals surface area (Å²) in [7, 11) is 0. The molecule has 0 N–H and O–H groups in total. The molecule has 5 heteroatoms. The lowest BCUT2D eigenvalue weighted by Crippen LogP contribution is -2.32. The average molecular weight is 311 g/mol. The second-order valence-electron chi connectivity index (χ2n) is 5.75. The maximum absolute atomic E-state index is 12.0. The van der Waals surface area contributed by atoms with Crippen molar-refractivity contribution in [2.75, 3.05) is 6.61 Å². The van der Waals surface area contributed by atoms with Gasteiger partial charge in [0.25, 0.3) is 0 Å². The lowest BCUT2D eigenvalue weighted by Gasteiger charge is -2.40. The molecule has 1 heterocycles. The Labute approximate surface area is 123 Å². The van der Waals surface area contributed by atoms with E-state index in [0.29, 0.717) is 6.61 Å². The first-order valence-electron chi connectivity index (χ1n) is 6.49. The summed E-state index contributed by atoms with van der Waals surface area (Å²) in [4.78, 5) is 0. The van der Waals surface area contributed by atoms with E-state index in [4.69, 9.17) is 20.3 Å². The van der Waals surface area contributed by atoms with E-state index in [1.165, 1.54) is 0 Å². The molecule has 0 radical (unpaired) electrons. The Morgan fingerprint density at radius 3 is 2.70 bits per heavy atom. The fourth-order valence-electron chi connectivity index (χ4n) is 2.58. The van der Waals surface area contributed by atoms with E-state index in [1.54, 1.807) is 0 Å². The first-order valence-corrected chi connectivity index (χ1v) is 8.94. The molecule has 3 rings (SSSR count). The van der Waals surface area contributed by atoms with Crippen molar-refractivity contribution in [2.45, 2.75) is 20.0 Å². The standard InChI is InChI=1S/C15H16ClO3P/c1-15(2)10-18-20(16,17)19-14(15)13-9-5-7-11-6-3-4-8-12(11)13/h3-9,14H,10H2,1-2H3. The van der Waals surface area contributed by atoms with Crippen LogP contribution in [0.15, 0.2) is 42.5 Å². The maximum atomic E-state index is 12.0. The molecule has 0 saturated carbocycles. The molecule has 2 atom stereocenters. The third kappa shape index (κ3) is 2.51. The minimum absolute atomic E-state index is 0.299. The number of hydrogen-bond acceptors (Lipinski definition) is 3. The molecule has 20 heavy (non-hydrogen) atoms. The molecule has 0 aromatic heterocycles. The van der Waals surface area contributed by atoms with Crippen molar-refractivity contribution >= 4 is 29.0 Å². The van der Waals surface area contributed by atoms with Gasteiger partial charge < -0.3 is 0 Å². The Hall–Kier alpha value is -0.860. The van der Waals surface area contributed by atoms with Crippen LogP contribution in [-0.2, 0) is 13.6 Å². The molecular weight excluding hydrogens is 295 g/mol. The van der Waals surface area contributed by atoms with Crippen LogP contribution in [0.1, 0.15) is 25.5 Å². The zero-order valence-corrected chi connectivity index (χ0v) is 13.0. The van der Waals surface area contributed by atoms with E-state index in [-0.39, 0.29) is 11.5 Å². The van der Waals surface area contributed by atoms with Gasteiger partial charge in [0, 0.05) is 16.7 Å². The first-order chi connectivity index (χ1) is 9.39. The first kappa shape index (κ1) is 14.1. The number of halogens is 1. The second-order valence-corrected chi connectivity index (χ2v) is 8.32. The maximum Gasteiger partial charge on any atom is 0.424 e. The molecule has 106 valence electrons. The van der Waals surface area contributed by atoms with Gasteiger partial charge in [-0.1, -0.05) is 56.3 Å². The van der Waals surface area contributed by atoms with Crippen molar-refractivity contribution < 1.29 is 13.6 Å². The predicted octanol–water partition coefficient (Wildman–Crippen LogP) is 5.30. The molecule has 0 amide bonds. The second kappa shape index (κ2) is 4.85. The lowest BCUT2D eigenvalue weighted by molar-refractivity contribution is -0.0195. The van der Waals surface area contributed by atoms with Gasteiger partial charge in [0.05, 0.1) is 6.61 Å². The van der Waals surface area contributed by atoms with Crippen LogP contribution in [0.25, 0.3) is 10.8 Å². The highest BCUT2D eigenvalue weighted by Crippen LogP contribution is 2.64. The molecule has 1 fully saturated rings. The summed E-state index contributed by atoms with van der Waals surface area (Å²) >= 11 is 5.81. The van der Waals surface area contributed by atoms with Gasteiger partial charge in [0.1, 0.15) is 6.10 Å². The predicted molar refractivity (Wildman–Crippen MR) is 81.0 cm³/mol. The minimum Gasteiger partial charge on any atom is -0.296 e. The summed E-state index contributed by atoms with van der Waals surface area (Å²) < 4.78 is 22.7. The Balaban J connectivity index is 2.15. The van der Waals surface area contributed by atoms with E-state index in [2.05, 4.69) is 0 Å². The molecule has 1 saturated heterocycles. The van der Waals surface area contributed by atoms with Crippen molar-refractivity contribution in [3.63, 3.8) is 0 Å². The minimum atomic E-state index is -3.49. The van der Waals surface area contributed by atoms with Crippen LogP contribution >= 0.6 is 18.2 Å². The summed E-state index contributed by atoms with van der Waals surface area (Å²) in [6.45, 7) is 0.860. The van der Waals surface area contributed by atoms with Gasteiger partial charge in [0.2, 0.25) is 0 Å². The van der Waals surface area contributed by atoms with Crippen molar-refractivity contribution in [3.8, 4) is 0 Å². The van der Waals surface area contributed by atoms with Gasteiger partial charge in [-0.05, 0) is 16.3 Å². The van der Waals surface area contributed by atoms with Crippen LogP contribution < -0.4 is 0 Å². The molecule has 2 unspecified atom stereocenters. The molecule has 3 nitrogen and oxygen atoms in total. The van der Waals surface area contributed by atoms with Crippen LogP contribution in [0, 0.1) is 5.41 Å². The Kier molecular flexibility index (Phi) is 3.42. The number of fused-ring (bicyclic) bond motifs is 1. The number of hydrogen-bond donors (Lipinski definition) is 0. The zero-order chi connectivity index (χ0) is 14.4. The SMILES string of the molecule is CC1(C)COP(=O)(Cl)OC1c1cccc2ccccc12. The van der Waals surface area contributed by atoms with E-state index < -0.39 is 6.95 Å². The summed E-state index contributed by atoms with van der Waals surface area (Å²) in [6.07, 6.45) is -0.356. The van der Waals surface area contributed by atoms with Crippen molar-refractivity contribution in [3.05, 3.63) is 48.0 Å². The van der Waals surface area contributed by atoms with E-state index in [9.17, 15) is 4.57 Å². The Morgan fingerprint density at radius 1 is 1.20 bits per heavy atom. The molecule has 0 spiro atoms. The molecular formula is C15H16ClO3P. The van der Waals surface area contributed by atoms with Crippen molar-refractivity contribution in [1.29, 1.82) is 0 Å². The summed E-state index contributed by atoms with van der Waals surface area (Å²) in [5.74, 6) is 0. The topological polar surface area (TPSA) is 35.5 Å². The van der Waals surface area contributed by atoms with Gasteiger partial charge in [-0.3, -0.25) is 9.05 Å². The molecule has 0 bridgehead atoms. The van der Waals surface area contributed by atoms with Gasteiger partial charge in [-0.2, -0.15) is 0 Å². The van der Waals surface area contributed by atoms with Crippen LogP contribution in [0.3, 0.4) is 0 Å². The quantitative estimate of drug-likeness (QED) is 0.670. The highest BCUT2D eigenvalue weighted by molar-refractivity contribution is 7.81. The third-order valence-corrected chi connectivity index (χ3v) is 5.07. The van der Waals surface area contributed by atoms with E-state index in [1.807, 2.05) is 56.3 Å². The lowest BCUT2D eigenvalue weighted by atomic mass is 9.82. The monoisotopic (exact) mass is 310 g/mol. The molecule has 2 aromatic rings. The van der Waals surface area contributed by atoms with Crippen LogP contribution in [-0.4, -0.2) is 6.61 Å². The Morgan fingerprint density at radius 2 is 1.90 bits per heavy atom. The van der Waals surface area contributed by atoms with Crippen LogP contribution in [0.2, 0.25) is 0 Å².